The largest absolute Gasteiger partial charge is 0.376 e. The van der Waals surface area contributed by atoms with Crippen molar-refractivity contribution < 1.29 is 18.0 Å². The van der Waals surface area contributed by atoms with Crippen molar-refractivity contribution in [2.24, 2.45) is 0 Å². The first-order valence-corrected chi connectivity index (χ1v) is 11.5. The second kappa shape index (κ2) is 10.4. The van der Waals surface area contributed by atoms with E-state index in [1.807, 2.05) is 20.8 Å². The van der Waals surface area contributed by atoms with Gasteiger partial charge in [0.15, 0.2) is 0 Å². The molecule has 0 saturated heterocycles. The first-order chi connectivity index (χ1) is 14.6. The molecule has 2 amide bonds. The van der Waals surface area contributed by atoms with Crippen molar-refractivity contribution in [2.75, 3.05) is 44.4 Å². The summed E-state index contributed by atoms with van der Waals surface area (Å²) in [7, 11) is -0.625. The van der Waals surface area contributed by atoms with Crippen molar-refractivity contribution in [3.8, 4) is 0 Å². The molecule has 0 radical (unpaired) electrons. The number of amides is 2. The predicted molar refractivity (Wildman–Crippen MR) is 123 cm³/mol. The summed E-state index contributed by atoms with van der Waals surface area (Å²) < 4.78 is 25.8. The summed E-state index contributed by atoms with van der Waals surface area (Å²) in [5.41, 5.74) is 2.53. The molecule has 0 aliphatic heterocycles. The number of carbonyl (C=O) groups excluding carboxylic acids is 2. The van der Waals surface area contributed by atoms with Crippen LogP contribution in [0, 0.1) is 6.92 Å². The summed E-state index contributed by atoms with van der Waals surface area (Å²) in [6.07, 6.45) is 0. The Labute approximate surface area is 184 Å². The van der Waals surface area contributed by atoms with Gasteiger partial charge in [0.1, 0.15) is 0 Å². The predicted octanol–water partition coefficient (Wildman–Crippen LogP) is 2.78. The zero-order valence-corrected chi connectivity index (χ0v) is 19.4. The highest BCUT2D eigenvalue weighted by Crippen LogP contribution is 2.22. The number of carbonyl (C=O) groups is 2. The van der Waals surface area contributed by atoms with Gasteiger partial charge in [0.25, 0.3) is 5.91 Å². The number of nitrogens with one attached hydrogen (secondary N) is 2. The summed E-state index contributed by atoms with van der Waals surface area (Å²) in [6.45, 7) is 6.92. The van der Waals surface area contributed by atoms with Crippen LogP contribution in [0.25, 0.3) is 0 Å². The molecule has 0 heterocycles. The maximum absolute atomic E-state index is 12.4. The van der Waals surface area contributed by atoms with Crippen molar-refractivity contribution >= 4 is 33.2 Å². The fraction of sp³-hybridized carbons (Fsp3) is 0.364. The smallest absolute Gasteiger partial charge is 0.253 e. The molecule has 0 unspecified atom stereocenters. The lowest BCUT2D eigenvalue weighted by molar-refractivity contribution is -0.114. The van der Waals surface area contributed by atoms with Gasteiger partial charge in [-0.1, -0.05) is 6.07 Å². The van der Waals surface area contributed by atoms with Crippen molar-refractivity contribution in [3.63, 3.8) is 0 Å². The van der Waals surface area contributed by atoms with Crippen LogP contribution in [0.2, 0.25) is 0 Å². The third-order valence-electron chi connectivity index (χ3n) is 4.89. The highest BCUT2D eigenvalue weighted by molar-refractivity contribution is 7.89. The molecule has 0 aromatic heterocycles. The molecule has 31 heavy (non-hydrogen) atoms. The Morgan fingerprint density at radius 3 is 2.13 bits per heavy atom. The summed E-state index contributed by atoms with van der Waals surface area (Å²) >= 11 is 0. The second-order valence-electron chi connectivity index (χ2n) is 7.22. The molecular weight excluding hydrogens is 416 g/mol. The molecule has 2 rings (SSSR count). The first-order valence-electron chi connectivity index (χ1n) is 10.1. The minimum Gasteiger partial charge on any atom is -0.376 e. The van der Waals surface area contributed by atoms with Gasteiger partial charge in [-0.15, -0.1) is 0 Å². The molecule has 2 aromatic carbocycles. The SMILES string of the molecule is CCN(CC)C(=O)c1ccc(NC(=O)CNc2cc(S(=O)(=O)N(C)C)ccc2C)cc1. The Morgan fingerprint density at radius 2 is 1.58 bits per heavy atom. The lowest BCUT2D eigenvalue weighted by Gasteiger charge is -2.18. The van der Waals surface area contributed by atoms with Crippen LogP contribution in [0.3, 0.4) is 0 Å². The van der Waals surface area contributed by atoms with Gasteiger partial charge in [0, 0.05) is 44.1 Å². The molecule has 0 aliphatic carbocycles. The molecule has 0 saturated carbocycles. The zero-order valence-electron chi connectivity index (χ0n) is 18.6. The van der Waals surface area contributed by atoms with E-state index < -0.39 is 10.0 Å². The number of rotatable bonds is 9. The Kier molecular flexibility index (Phi) is 8.18. The number of sulfonamides is 1. The first kappa shape index (κ1) is 24.4. The molecule has 0 spiro atoms. The lowest BCUT2D eigenvalue weighted by Crippen LogP contribution is -2.30. The normalized spacial score (nSPS) is 11.3. The van der Waals surface area contributed by atoms with E-state index in [0.29, 0.717) is 30.0 Å². The minimum atomic E-state index is -3.56. The number of aryl methyl sites for hydroxylation is 1. The molecule has 2 aromatic rings. The standard InChI is InChI=1S/C22H30N4O4S/c1-6-26(7-2)22(28)17-9-11-18(12-10-17)24-21(27)15-23-20-14-19(13-8-16(20)3)31(29,30)25(4)5/h8-14,23H,6-7,15H2,1-5H3,(H,24,27). The van der Waals surface area contributed by atoms with Crippen LogP contribution >= 0.6 is 0 Å². The monoisotopic (exact) mass is 446 g/mol. The molecule has 168 valence electrons. The van der Waals surface area contributed by atoms with Gasteiger partial charge in [0.05, 0.1) is 11.4 Å². The van der Waals surface area contributed by atoms with Crippen molar-refractivity contribution in [1.29, 1.82) is 0 Å². The van der Waals surface area contributed by atoms with Gasteiger partial charge < -0.3 is 15.5 Å². The van der Waals surface area contributed by atoms with Gasteiger partial charge in [0.2, 0.25) is 15.9 Å². The molecule has 2 N–H and O–H groups in total. The van der Waals surface area contributed by atoms with E-state index in [9.17, 15) is 18.0 Å². The van der Waals surface area contributed by atoms with E-state index >= 15 is 0 Å². The topological polar surface area (TPSA) is 98.8 Å². The lowest BCUT2D eigenvalue weighted by atomic mass is 10.1. The summed E-state index contributed by atoms with van der Waals surface area (Å²) in [5, 5.41) is 5.75. The Morgan fingerprint density at radius 1 is 0.968 bits per heavy atom. The van der Waals surface area contributed by atoms with E-state index in [4.69, 9.17) is 0 Å². The van der Waals surface area contributed by atoms with E-state index in [1.54, 1.807) is 35.2 Å². The second-order valence-corrected chi connectivity index (χ2v) is 9.37. The van der Waals surface area contributed by atoms with Crippen molar-refractivity contribution in [2.45, 2.75) is 25.7 Å². The van der Waals surface area contributed by atoms with Crippen LogP contribution in [-0.2, 0) is 14.8 Å². The number of benzene rings is 2. The molecule has 0 bridgehead atoms. The minimum absolute atomic E-state index is 0.0353. The number of hydrogen-bond acceptors (Lipinski definition) is 5. The maximum Gasteiger partial charge on any atom is 0.253 e. The van der Waals surface area contributed by atoms with Crippen LogP contribution in [0.4, 0.5) is 11.4 Å². The van der Waals surface area contributed by atoms with Gasteiger partial charge in [-0.2, -0.15) is 0 Å². The van der Waals surface area contributed by atoms with E-state index in [0.717, 1.165) is 9.87 Å². The average Bonchev–Trinajstić information content (AvgIpc) is 2.74. The van der Waals surface area contributed by atoms with Gasteiger partial charge in [-0.3, -0.25) is 9.59 Å². The Hall–Kier alpha value is -2.91. The van der Waals surface area contributed by atoms with Crippen LogP contribution < -0.4 is 10.6 Å². The summed E-state index contributed by atoms with van der Waals surface area (Å²) in [5.74, 6) is -0.337. The maximum atomic E-state index is 12.4. The fourth-order valence-corrected chi connectivity index (χ4v) is 3.86. The number of nitrogens with zero attached hydrogens (tertiary/aromatic N) is 2. The third kappa shape index (κ3) is 6.05. The quantitative estimate of drug-likeness (QED) is 0.617. The average molecular weight is 447 g/mol. The summed E-state index contributed by atoms with van der Waals surface area (Å²) in [4.78, 5) is 26.6. The number of hydrogen-bond donors (Lipinski definition) is 2. The number of anilines is 2. The molecular formula is C22H30N4O4S. The molecule has 0 aliphatic rings. The van der Waals surface area contributed by atoms with Crippen molar-refractivity contribution in [1.82, 2.24) is 9.21 Å². The highest BCUT2D eigenvalue weighted by Gasteiger charge is 2.18. The Bertz CT molecular complexity index is 1030. The van der Waals surface area contributed by atoms with E-state index in [2.05, 4.69) is 10.6 Å². The van der Waals surface area contributed by atoms with Gasteiger partial charge in [-0.25, -0.2) is 12.7 Å². The molecule has 9 heteroatoms. The third-order valence-corrected chi connectivity index (χ3v) is 6.70. The van der Waals surface area contributed by atoms with Crippen LogP contribution in [-0.4, -0.2) is 63.2 Å². The zero-order chi connectivity index (χ0) is 23.2. The van der Waals surface area contributed by atoms with Gasteiger partial charge in [-0.05, 0) is 62.7 Å². The van der Waals surface area contributed by atoms with Crippen LogP contribution in [0.15, 0.2) is 47.4 Å². The Balaban J connectivity index is 2.02. The van der Waals surface area contributed by atoms with E-state index in [1.165, 1.54) is 26.2 Å². The van der Waals surface area contributed by atoms with Crippen LogP contribution in [0.1, 0.15) is 29.8 Å². The van der Waals surface area contributed by atoms with Gasteiger partial charge >= 0.3 is 0 Å². The molecule has 0 fully saturated rings. The molecule has 0 atom stereocenters. The van der Waals surface area contributed by atoms with E-state index in [-0.39, 0.29) is 23.3 Å². The highest BCUT2D eigenvalue weighted by atomic mass is 32.2. The molecule has 8 nitrogen and oxygen atoms in total. The summed E-state index contributed by atoms with van der Waals surface area (Å²) in [6, 6.07) is 11.5. The van der Waals surface area contributed by atoms with Crippen LogP contribution in [0.5, 0.6) is 0 Å². The van der Waals surface area contributed by atoms with Crippen molar-refractivity contribution in [3.05, 3.63) is 53.6 Å². The fourth-order valence-electron chi connectivity index (χ4n) is 2.93.